The summed E-state index contributed by atoms with van der Waals surface area (Å²) in [5.74, 6) is -0.294. The second-order valence-electron chi connectivity index (χ2n) is 27.4. The lowest BCUT2D eigenvalue weighted by Gasteiger charge is -2.48. The summed E-state index contributed by atoms with van der Waals surface area (Å²) in [6.07, 6.45) is 48.9. The van der Waals surface area contributed by atoms with Crippen molar-refractivity contribution in [1.29, 1.82) is 0 Å². The Balaban J connectivity index is 1.40. The average Bonchev–Trinajstić information content (AvgIpc) is 0.789. The van der Waals surface area contributed by atoms with E-state index in [-0.39, 0.29) is 18.9 Å². The Hall–Kier alpha value is -2.77. The number of carbonyl (C=O) groups excluding carboxylic acids is 1. The van der Waals surface area contributed by atoms with Crippen LogP contribution in [0.1, 0.15) is 284 Å². The second kappa shape index (κ2) is 58.7. The van der Waals surface area contributed by atoms with Gasteiger partial charge < -0.3 is 89.9 Å². The molecule has 0 aromatic carbocycles. The molecule has 3 aliphatic heterocycles. The third-order valence-corrected chi connectivity index (χ3v) is 19.0. The zero-order valence-electron chi connectivity index (χ0n) is 60.0. The smallest absolute Gasteiger partial charge is 0.220 e. The Bertz CT molecular complexity index is 2040. The molecule has 0 aromatic rings. The molecule has 0 saturated carbocycles. The van der Waals surface area contributed by atoms with Crippen LogP contribution in [0.4, 0.5) is 0 Å². The van der Waals surface area contributed by atoms with Crippen LogP contribution < -0.4 is 5.32 Å². The van der Waals surface area contributed by atoms with Crippen molar-refractivity contribution >= 4 is 5.91 Å². The van der Waals surface area contributed by atoms with E-state index in [1.165, 1.54) is 173 Å². The van der Waals surface area contributed by atoms with E-state index >= 15 is 0 Å². The van der Waals surface area contributed by atoms with Gasteiger partial charge in [0.25, 0.3) is 0 Å². The fourth-order valence-corrected chi connectivity index (χ4v) is 12.8. The van der Waals surface area contributed by atoms with Gasteiger partial charge in [0.2, 0.25) is 5.91 Å². The van der Waals surface area contributed by atoms with Crippen molar-refractivity contribution in [3.05, 3.63) is 72.9 Å². The first kappa shape index (κ1) is 88.4. The van der Waals surface area contributed by atoms with Crippen LogP contribution in [0.25, 0.3) is 0 Å². The lowest BCUT2D eigenvalue weighted by atomic mass is 9.96. The van der Waals surface area contributed by atoms with Crippen molar-refractivity contribution in [3.63, 3.8) is 0 Å². The molecule has 3 heterocycles. The first-order chi connectivity index (χ1) is 47.3. The summed E-state index contributed by atoms with van der Waals surface area (Å²) < 4.78 is 34.4. The van der Waals surface area contributed by atoms with Crippen LogP contribution >= 0.6 is 0 Å². The fraction of sp³-hybridized carbons (Fsp3) is 0.833. The number of carbonyl (C=O) groups is 1. The molecule has 3 saturated heterocycles. The fourth-order valence-electron chi connectivity index (χ4n) is 12.8. The van der Waals surface area contributed by atoms with Crippen molar-refractivity contribution in [2.75, 3.05) is 26.4 Å². The highest BCUT2D eigenvalue weighted by Gasteiger charge is 2.53. The number of unbranched alkanes of at least 4 members (excludes halogenated alkanes) is 34. The molecular formula is C78H139NO18. The van der Waals surface area contributed by atoms with Crippen LogP contribution in [-0.4, -0.2) is 193 Å². The van der Waals surface area contributed by atoms with E-state index in [1.54, 1.807) is 6.08 Å². The Morgan fingerprint density at radius 1 is 0.381 bits per heavy atom. The van der Waals surface area contributed by atoms with E-state index < -0.39 is 124 Å². The Kier molecular flexibility index (Phi) is 53.5. The lowest BCUT2D eigenvalue weighted by molar-refractivity contribution is -0.379. The maximum atomic E-state index is 13.4. The molecule has 17 atom stereocenters. The molecule has 1 amide bonds. The number of aliphatic hydroxyl groups excluding tert-OH is 11. The molecule has 19 nitrogen and oxygen atoms in total. The number of ether oxygens (including phenoxy) is 6. The van der Waals surface area contributed by atoms with Crippen LogP contribution in [0.15, 0.2) is 72.9 Å². The summed E-state index contributed by atoms with van der Waals surface area (Å²) in [4.78, 5) is 13.4. The van der Waals surface area contributed by atoms with Gasteiger partial charge in [0.15, 0.2) is 18.9 Å². The van der Waals surface area contributed by atoms with Gasteiger partial charge in [-0.15, -0.1) is 0 Å². The molecular weight excluding hydrogens is 1240 g/mol. The maximum absolute atomic E-state index is 13.4. The molecule has 3 fully saturated rings. The van der Waals surface area contributed by atoms with Crippen LogP contribution in [0.5, 0.6) is 0 Å². The molecule has 564 valence electrons. The number of aliphatic hydroxyl groups is 11. The molecule has 0 aliphatic carbocycles. The van der Waals surface area contributed by atoms with Crippen molar-refractivity contribution in [3.8, 4) is 0 Å². The van der Waals surface area contributed by atoms with Crippen LogP contribution in [0, 0.1) is 0 Å². The van der Waals surface area contributed by atoms with Gasteiger partial charge in [-0.2, -0.15) is 0 Å². The minimum Gasteiger partial charge on any atom is -0.394 e. The standard InChI is InChI=1S/C78H139NO18/c1-3-5-7-9-11-13-15-17-19-21-23-25-26-27-28-29-30-31-32-33-34-36-37-39-41-43-45-47-49-51-53-55-62(83)61(79-66(84)56-54-52-50-48-46-44-42-40-38-35-24-22-20-18-16-14-12-10-8-6-4-2)60-92-76-72(90)69(87)74(64(58-81)94-76)97-78-73(91)70(88)75(65(59-82)95-78)96-77-71(89)68(86)67(85)63(57-80)93-77/h6,8,12,14,18,20,24,35,45,47,53,55,61-65,67-78,80-83,85-91H,3-5,7,9-11,13,15-17,19,21-23,25-34,36-44,46,48-52,54,56-60H2,1-2H3,(H,79,84)/b8-6-,14-12-,20-18-,35-24-,47-45+,55-53+. The predicted octanol–water partition coefficient (Wildman–Crippen LogP) is 12.1. The summed E-state index contributed by atoms with van der Waals surface area (Å²) in [5.41, 5.74) is 0. The van der Waals surface area contributed by atoms with Gasteiger partial charge >= 0.3 is 0 Å². The minimum absolute atomic E-state index is 0.223. The second-order valence-corrected chi connectivity index (χ2v) is 27.4. The molecule has 12 N–H and O–H groups in total. The number of hydrogen-bond donors (Lipinski definition) is 12. The van der Waals surface area contributed by atoms with Crippen molar-refractivity contribution < 1.29 is 89.4 Å². The van der Waals surface area contributed by atoms with E-state index in [0.717, 1.165) is 77.0 Å². The molecule has 0 radical (unpaired) electrons. The van der Waals surface area contributed by atoms with Gasteiger partial charge in [0.05, 0.1) is 38.6 Å². The van der Waals surface area contributed by atoms with Gasteiger partial charge in [-0.25, -0.2) is 0 Å². The summed E-state index contributed by atoms with van der Waals surface area (Å²) in [6.45, 7) is 1.62. The Morgan fingerprint density at radius 3 is 1.15 bits per heavy atom. The summed E-state index contributed by atoms with van der Waals surface area (Å²) in [7, 11) is 0. The third-order valence-electron chi connectivity index (χ3n) is 19.0. The van der Waals surface area contributed by atoms with Crippen LogP contribution in [-0.2, 0) is 33.2 Å². The third kappa shape index (κ3) is 39.5. The minimum atomic E-state index is -1.99. The van der Waals surface area contributed by atoms with E-state index in [9.17, 15) is 61.0 Å². The quantitative estimate of drug-likeness (QED) is 0.0199. The summed E-state index contributed by atoms with van der Waals surface area (Å²) in [6, 6.07) is -1.00. The number of amides is 1. The molecule has 3 rings (SSSR count). The highest BCUT2D eigenvalue weighted by molar-refractivity contribution is 5.76. The largest absolute Gasteiger partial charge is 0.394 e. The molecule has 17 unspecified atom stereocenters. The summed E-state index contributed by atoms with van der Waals surface area (Å²) >= 11 is 0. The van der Waals surface area contributed by atoms with Crippen molar-refractivity contribution in [1.82, 2.24) is 5.32 Å². The van der Waals surface area contributed by atoms with E-state index in [0.29, 0.717) is 12.8 Å². The zero-order chi connectivity index (χ0) is 70.4. The Morgan fingerprint density at radius 2 is 0.722 bits per heavy atom. The predicted molar refractivity (Wildman–Crippen MR) is 383 cm³/mol. The number of allylic oxidation sites excluding steroid dienone is 11. The molecule has 19 heteroatoms. The normalized spacial score (nSPS) is 27.3. The van der Waals surface area contributed by atoms with Gasteiger partial charge in [-0.1, -0.05) is 279 Å². The molecule has 0 bridgehead atoms. The van der Waals surface area contributed by atoms with Gasteiger partial charge in [0.1, 0.15) is 73.2 Å². The maximum Gasteiger partial charge on any atom is 0.220 e. The van der Waals surface area contributed by atoms with Gasteiger partial charge in [-0.3, -0.25) is 4.79 Å². The van der Waals surface area contributed by atoms with E-state index in [1.807, 2.05) is 6.08 Å². The average molecular weight is 1380 g/mol. The number of nitrogens with one attached hydrogen (secondary N) is 1. The molecule has 0 aromatic heterocycles. The lowest BCUT2D eigenvalue weighted by Crippen LogP contribution is -2.66. The molecule has 0 spiro atoms. The highest BCUT2D eigenvalue weighted by Crippen LogP contribution is 2.33. The Labute approximate surface area is 585 Å². The van der Waals surface area contributed by atoms with Gasteiger partial charge in [-0.05, 0) is 70.6 Å². The highest BCUT2D eigenvalue weighted by atomic mass is 16.8. The number of rotatable bonds is 60. The van der Waals surface area contributed by atoms with Crippen molar-refractivity contribution in [2.24, 2.45) is 0 Å². The van der Waals surface area contributed by atoms with Crippen LogP contribution in [0.2, 0.25) is 0 Å². The first-order valence-corrected chi connectivity index (χ1v) is 38.7. The van der Waals surface area contributed by atoms with E-state index in [4.69, 9.17) is 28.4 Å². The van der Waals surface area contributed by atoms with Crippen molar-refractivity contribution in [2.45, 2.75) is 388 Å². The SMILES string of the molecule is CC/C=C\C/C=C\C/C=C\C/C=C\CCCCCCCCCCC(=O)NC(COC1OC(CO)C(OC2OC(CO)C(OC3OC(CO)C(O)C(O)C3O)C(O)C2O)C(O)C1O)C(O)/C=C/CC/C=C/CCCCCCCCCCCCCCCCCCCCCCCCCCC. The first-order valence-electron chi connectivity index (χ1n) is 38.7. The topological polar surface area (TPSA) is 307 Å². The van der Waals surface area contributed by atoms with E-state index in [2.05, 4.69) is 79.9 Å². The monoisotopic (exact) mass is 1380 g/mol. The van der Waals surface area contributed by atoms with Gasteiger partial charge in [0, 0.05) is 6.42 Å². The number of hydrogen-bond acceptors (Lipinski definition) is 18. The molecule has 3 aliphatic rings. The zero-order valence-corrected chi connectivity index (χ0v) is 60.0. The molecule has 97 heavy (non-hydrogen) atoms. The summed E-state index contributed by atoms with van der Waals surface area (Å²) in [5, 5.41) is 121. The van der Waals surface area contributed by atoms with Crippen LogP contribution in [0.3, 0.4) is 0 Å².